The first-order valence-corrected chi connectivity index (χ1v) is 5.13. The molecule has 2 heteroatoms. The molecular weight excluding hydrogens is 162 g/mol. The van der Waals surface area contributed by atoms with E-state index in [9.17, 15) is 5.26 Å². The van der Waals surface area contributed by atoms with Gasteiger partial charge in [0.1, 0.15) is 0 Å². The van der Waals surface area contributed by atoms with Gasteiger partial charge >= 0.3 is 0 Å². The lowest BCUT2D eigenvalue weighted by atomic mass is 9.67. The van der Waals surface area contributed by atoms with E-state index >= 15 is 0 Å². The van der Waals surface area contributed by atoms with Crippen molar-refractivity contribution in [3.05, 3.63) is 0 Å². The quantitative estimate of drug-likeness (QED) is 0.567. The normalized spacial score (nSPS) is 62.7. The minimum absolute atomic E-state index is 0.138. The van der Waals surface area contributed by atoms with Gasteiger partial charge in [0.05, 0.1) is 12.7 Å². The third kappa shape index (κ3) is 0.518. The van der Waals surface area contributed by atoms with Gasteiger partial charge in [-0.15, -0.1) is 0 Å². The number of ether oxygens (including phenoxy) is 1. The van der Waals surface area contributed by atoms with E-state index in [1.54, 1.807) is 0 Å². The molecule has 1 aliphatic heterocycles. The molecule has 4 atom stereocenters. The highest BCUT2D eigenvalue weighted by molar-refractivity contribution is 5.30. The maximum Gasteiger partial charge on any atom is 0.160 e. The summed E-state index contributed by atoms with van der Waals surface area (Å²) >= 11 is 0. The van der Waals surface area contributed by atoms with Crippen LogP contribution in [0.5, 0.6) is 0 Å². The summed E-state index contributed by atoms with van der Waals surface area (Å²) in [7, 11) is 0. The third-order valence-corrected chi connectivity index (χ3v) is 5.38. The molecule has 0 N–H and O–H groups in total. The zero-order valence-electron chi connectivity index (χ0n) is 8.26. The van der Waals surface area contributed by atoms with Crippen LogP contribution < -0.4 is 0 Å². The Morgan fingerprint density at radius 1 is 1.46 bits per heavy atom. The van der Waals surface area contributed by atoms with Crippen LogP contribution in [-0.4, -0.2) is 12.2 Å². The Kier molecular flexibility index (Phi) is 1.07. The number of rotatable bonds is 0. The van der Waals surface area contributed by atoms with E-state index in [2.05, 4.69) is 19.9 Å². The molecule has 0 amide bonds. The van der Waals surface area contributed by atoms with Crippen molar-refractivity contribution in [3.8, 4) is 6.07 Å². The zero-order valence-corrected chi connectivity index (χ0v) is 8.26. The van der Waals surface area contributed by atoms with Crippen molar-refractivity contribution in [3.63, 3.8) is 0 Å². The second kappa shape index (κ2) is 1.79. The van der Waals surface area contributed by atoms with E-state index in [0.29, 0.717) is 5.41 Å². The van der Waals surface area contributed by atoms with Crippen LogP contribution in [-0.2, 0) is 4.74 Å². The van der Waals surface area contributed by atoms with Crippen LogP contribution in [0.25, 0.3) is 0 Å². The van der Waals surface area contributed by atoms with Crippen molar-refractivity contribution in [2.24, 2.45) is 16.7 Å². The fraction of sp³-hybridized carbons (Fsp3) is 0.909. The molecular formula is C11H15NO. The summed E-state index contributed by atoms with van der Waals surface area (Å²) < 4.78 is 5.77. The molecule has 4 bridgehead atoms. The summed E-state index contributed by atoms with van der Waals surface area (Å²) in [4.78, 5) is 0. The standard InChI is InChI=1S/C11H15NO/c1-9-7-13-11(6-12)5-8(9)3-4-10(9,11)2/h8H,3-5,7H2,1-2H3/t8-,9-,10-,11+/m0/s1. The van der Waals surface area contributed by atoms with E-state index in [1.807, 2.05) is 0 Å². The molecule has 3 aliphatic rings. The van der Waals surface area contributed by atoms with Crippen molar-refractivity contribution in [2.75, 3.05) is 6.61 Å². The Morgan fingerprint density at radius 3 is 2.69 bits per heavy atom. The van der Waals surface area contributed by atoms with E-state index in [1.165, 1.54) is 12.8 Å². The van der Waals surface area contributed by atoms with E-state index in [4.69, 9.17) is 4.74 Å². The molecule has 2 saturated carbocycles. The Labute approximate surface area is 78.9 Å². The van der Waals surface area contributed by atoms with Gasteiger partial charge in [-0.1, -0.05) is 13.8 Å². The van der Waals surface area contributed by atoms with E-state index in [0.717, 1.165) is 18.9 Å². The topological polar surface area (TPSA) is 33.0 Å². The first kappa shape index (κ1) is 7.82. The molecule has 0 aromatic rings. The van der Waals surface area contributed by atoms with Crippen LogP contribution in [0.3, 0.4) is 0 Å². The largest absolute Gasteiger partial charge is 0.359 e. The summed E-state index contributed by atoms with van der Waals surface area (Å²) in [5.74, 6) is 0.742. The molecule has 0 radical (unpaired) electrons. The van der Waals surface area contributed by atoms with E-state index in [-0.39, 0.29) is 5.41 Å². The summed E-state index contributed by atoms with van der Waals surface area (Å²) in [6.45, 7) is 5.38. The van der Waals surface area contributed by atoms with E-state index < -0.39 is 5.60 Å². The first-order valence-electron chi connectivity index (χ1n) is 5.13. The minimum Gasteiger partial charge on any atom is -0.359 e. The lowest BCUT2D eigenvalue weighted by molar-refractivity contribution is -0.0414. The average Bonchev–Trinajstić information content (AvgIpc) is 2.58. The molecule has 0 aromatic heterocycles. The summed E-state index contributed by atoms with van der Waals surface area (Å²) in [6.07, 6.45) is 3.47. The van der Waals surface area contributed by atoms with Crippen molar-refractivity contribution in [1.82, 2.24) is 0 Å². The fourth-order valence-corrected chi connectivity index (χ4v) is 4.05. The van der Waals surface area contributed by atoms with Crippen molar-refractivity contribution >= 4 is 0 Å². The minimum atomic E-state index is -0.426. The van der Waals surface area contributed by atoms with Gasteiger partial charge in [0, 0.05) is 10.8 Å². The van der Waals surface area contributed by atoms with Crippen molar-refractivity contribution in [1.29, 1.82) is 5.26 Å². The highest BCUT2D eigenvalue weighted by Gasteiger charge is 2.76. The van der Waals surface area contributed by atoms with Gasteiger partial charge in [-0.2, -0.15) is 5.26 Å². The van der Waals surface area contributed by atoms with Gasteiger partial charge in [0.25, 0.3) is 0 Å². The van der Waals surface area contributed by atoms with Crippen LogP contribution >= 0.6 is 0 Å². The summed E-state index contributed by atoms with van der Waals surface area (Å²) in [5.41, 5.74) is 0.00676. The molecule has 0 spiro atoms. The molecule has 2 aliphatic carbocycles. The molecule has 0 unspecified atom stereocenters. The van der Waals surface area contributed by atoms with Crippen LogP contribution in [0.1, 0.15) is 33.1 Å². The SMILES string of the molecule is C[C@@]12CC[C@H]3C[C@]1(C#N)OC[C@@]32C. The molecule has 70 valence electrons. The number of nitrogens with zero attached hydrogens (tertiary/aromatic N) is 1. The predicted molar refractivity (Wildman–Crippen MR) is 47.9 cm³/mol. The van der Waals surface area contributed by atoms with Gasteiger partial charge < -0.3 is 4.74 Å². The van der Waals surface area contributed by atoms with Crippen LogP contribution in [0.2, 0.25) is 0 Å². The predicted octanol–water partition coefficient (Wildman–Crippen LogP) is 2.11. The Morgan fingerprint density at radius 2 is 2.23 bits per heavy atom. The Bertz CT molecular complexity index is 321. The van der Waals surface area contributed by atoms with Crippen LogP contribution in [0.15, 0.2) is 0 Å². The molecule has 2 nitrogen and oxygen atoms in total. The van der Waals surface area contributed by atoms with Crippen LogP contribution in [0, 0.1) is 28.1 Å². The highest BCUT2D eigenvalue weighted by Crippen LogP contribution is 2.74. The molecule has 3 rings (SSSR count). The number of hydrogen-bond acceptors (Lipinski definition) is 2. The maximum absolute atomic E-state index is 9.27. The monoisotopic (exact) mass is 177 g/mol. The molecule has 0 aromatic carbocycles. The Hall–Kier alpha value is -0.550. The molecule has 1 saturated heterocycles. The van der Waals surface area contributed by atoms with Crippen molar-refractivity contribution in [2.45, 2.75) is 38.7 Å². The summed E-state index contributed by atoms with van der Waals surface area (Å²) in [5, 5.41) is 9.27. The average molecular weight is 177 g/mol. The lowest BCUT2D eigenvalue weighted by Gasteiger charge is -2.35. The van der Waals surface area contributed by atoms with Crippen molar-refractivity contribution < 1.29 is 4.74 Å². The number of hydrogen-bond donors (Lipinski definition) is 0. The van der Waals surface area contributed by atoms with Crippen LogP contribution in [0.4, 0.5) is 0 Å². The second-order valence-electron chi connectivity index (χ2n) is 5.42. The molecule has 3 fully saturated rings. The molecule has 13 heavy (non-hydrogen) atoms. The zero-order chi connectivity index (χ0) is 9.32. The Balaban J connectivity index is 2.21. The third-order valence-electron chi connectivity index (χ3n) is 5.38. The smallest absolute Gasteiger partial charge is 0.160 e. The maximum atomic E-state index is 9.27. The van der Waals surface area contributed by atoms with Gasteiger partial charge in [-0.25, -0.2) is 0 Å². The molecule has 1 heterocycles. The van der Waals surface area contributed by atoms with Gasteiger partial charge in [-0.3, -0.25) is 0 Å². The summed E-state index contributed by atoms with van der Waals surface area (Å²) in [6, 6.07) is 2.44. The highest BCUT2D eigenvalue weighted by atomic mass is 16.5. The van der Waals surface area contributed by atoms with Gasteiger partial charge in [0.15, 0.2) is 5.60 Å². The fourth-order valence-electron chi connectivity index (χ4n) is 4.05. The van der Waals surface area contributed by atoms with Gasteiger partial charge in [-0.05, 0) is 25.2 Å². The second-order valence-corrected chi connectivity index (χ2v) is 5.42. The lowest BCUT2D eigenvalue weighted by Crippen LogP contribution is -2.41. The van der Waals surface area contributed by atoms with Gasteiger partial charge in [0.2, 0.25) is 0 Å². The number of nitriles is 1. The first-order chi connectivity index (χ1) is 6.08.